The highest BCUT2D eigenvalue weighted by atomic mass is 19.1. The Morgan fingerprint density at radius 3 is 1.93 bits per heavy atom. The number of rotatable bonds is 6. The maximum atomic E-state index is 12.8. The van der Waals surface area contributed by atoms with Gasteiger partial charge in [-0.15, -0.1) is 0 Å². The van der Waals surface area contributed by atoms with Crippen LogP contribution >= 0.6 is 0 Å². The van der Waals surface area contributed by atoms with Gasteiger partial charge in [0, 0.05) is 23.1 Å². The predicted octanol–water partition coefficient (Wildman–Crippen LogP) is 2.36. The maximum absolute atomic E-state index is 12.8. The fraction of sp³-hybridized carbons (Fsp3) is 0.217. The summed E-state index contributed by atoms with van der Waals surface area (Å²) in [6.07, 6.45) is -1.20. The second kappa shape index (κ2) is 10.2. The summed E-state index contributed by atoms with van der Waals surface area (Å²) >= 11 is 0. The molecule has 4 nitrogen and oxygen atoms in total. The van der Waals surface area contributed by atoms with Gasteiger partial charge in [-0.1, -0.05) is 24.0 Å². The highest BCUT2D eigenvalue weighted by molar-refractivity contribution is 5.99. The average molecular weight is 378 g/mol. The molecule has 0 bridgehead atoms. The van der Waals surface area contributed by atoms with Crippen LogP contribution < -0.4 is 0 Å². The Labute approximate surface area is 163 Å². The Morgan fingerprint density at radius 2 is 1.46 bits per heavy atom. The highest BCUT2D eigenvalue weighted by Gasteiger charge is 2.26. The van der Waals surface area contributed by atoms with Crippen LogP contribution in [0.2, 0.25) is 0 Å². The predicted molar refractivity (Wildman–Crippen MR) is 103 cm³/mol. The summed E-state index contributed by atoms with van der Waals surface area (Å²) in [7, 11) is 0. The summed E-state index contributed by atoms with van der Waals surface area (Å²) in [5.74, 6) is 8.88. The molecule has 0 aliphatic heterocycles. The second-order valence-electron chi connectivity index (χ2n) is 6.18. The number of Topliss-reactive ketones (excluding diaryl/α,β-unsaturated/α-hetero) is 2. The summed E-state index contributed by atoms with van der Waals surface area (Å²) in [4.78, 5) is 23.9. The zero-order valence-corrected chi connectivity index (χ0v) is 15.3. The first kappa shape index (κ1) is 21.1. The van der Waals surface area contributed by atoms with Crippen LogP contribution in [-0.2, 0) is 4.79 Å². The molecule has 0 aromatic heterocycles. The molecule has 28 heavy (non-hydrogen) atoms. The Kier molecular flexibility index (Phi) is 7.65. The van der Waals surface area contributed by atoms with E-state index < -0.39 is 24.4 Å². The van der Waals surface area contributed by atoms with Crippen molar-refractivity contribution in [3.05, 3.63) is 71.0 Å². The normalized spacial score (nSPS) is 12.0. The summed E-state index contributed by atoms with van der Waals surface area (Å²) in [5.41, 5.74) is 1.70. The zero-order chi connectivity index (χ0) is 20.5. The van der Waals surface area contributed by atoms with Crippen molar-refractivity contribution < 1.29 is 24.2 Å². The molecule has 2 rings (SSSR count). The van der Waals surface area contributed by atoms with E-state index in [2.05, 4.69) is 23.7 Å². The van der Waals surface area contributed by atoms with Crippen molar-refractivity contribution in [3.63, 3.8) is 0 Å². The van der Waals surface area contributed by atoms with Gasteiger partial charge in [-0.3, -0.25) is 9.59 Å². The molecule has 0 saturated heterocycles. The third-order valence-corrected chi connectivity index (χ3v) is 4.08. The topological polar surface area (TPSA) is 74.6 Å². The van der Waals surface area contributed by atoms with Crippen LogP contribution in [0.5, 0.6) is 0 Å². The van der Waals surface area contributed by atoms with Gasteiger partial charge in [0.1, 0.15) is 12.4 Å². The first-order valence-corrected chi connectivity index (χ1v) is 8.63. The molecule has 0 fully saturated rings. The lowest BCUT2D eigenvalue weighted by molar-refractivity contribution is -0.128. The summed E-state index contributed by atoms with van der Waals surface area (Å²) in [6.45, 7) is 0.702. The number of carbonyl (C=O) groups is 2. The Hall–Kier alpha value is -3.25. The third kappa shape index (κ3) is 6.17. The van der Waals surface area contributed by atoms with Crippen LogP contribution in [0.3, 0.4) is 0 Å². The molecule has 0 aliphatic carbocycles. The van der Waals surface area contributed by atoms with E-state index in [1.165, 1.54) is 19.1 Å². The van der Waals surface area contributed by atoms with Gasteiger partial charge in [0.2, 0.25) is 0 Å². The van der Waals surface area contributed by atoms with Crippen molar-refractivity contribution in [2.75, 3.05) is 6.61 Å². The minimum Gasteiger partial charge on any atom is -0.393 e. The van der Waals surface area contributed by atoms with Crippen molar-refractivity contribution >= 4 is 11.6 Å². The Bertz CT molecular complexity index is 952. The minimum absolute atomic E-state index is 0.175. The van der Waals surface area contributed by atoms with E-state index in [4.69, 9.17) is 5.11 Å². The SMILES string of the molecule is C[C@@H](O)[C@H](CC(=O)c1ccc(C#CC#Cc2ccc(F)cc2)cc1)C(=O)CO. The molecular weight excluding hydrogens is 359 g/mol. The van der Waals surface area contributed by atoms with E-state index in [0.717, 1.165) is 0 Å². The van der Waals surface area contributed by atoms with Gasteiger partial charge >= 0.3 is 0 Å². The molecule has 2 atom stereocenters. The van der Waals surface area contributed by atoms with Crippen LogP contribution in [0.15, 0.2) is 48.5 Å². The average Bonchev–Trinajstić information content (AvgIpc) is 2.70. The molecule has 0 amide bonds. The van der Waals surface area contributed by atoms with Crippen molar-refractivity contribution in [2.45, 2.75) is 19.4 Å². The Balaban J connectivity index is 2.03. The number of carbonyl (C=O) groups excluding carboxylic acids is 2. The standard InChI is InChI=1S/C23H19FO4/c1-16(26)21(23(28)15-25)14-22(27)19-10-6-17(7-11-19)4-2-3-5-18-8-12-20(24)13-9-18/h6-13,16,21,25-26H,14-15H2,1H3/t16-,21+/m1/s1. The molecule has 2 aromatic rings. The summed E-state index contributed by atoms with van der Waals surface area (Å²) < 4.78 is 12.8. The Morgan fingerprint density at radius 1 is 0.964 bits per heavy atom. The largest absolute Gasteiger partial charge is 0.393 e. The molecule has 0 spiro atoms. The third-order valence-electron chi connectivity index (χ3n) is 4.08. The van der Waals surface area contributed by atoms with Crippen molar-refractivity contribution in [3.8, 4) is 23.7 Å². The van der Waals surface area contributed by atoms with Crippen LogP contribution in [0.4, 0.5) is 4.39 Å². The highest BCUT2D eigenvalue weighted by Crippen LogP contribution is 2.15. The minimum atomic E-state index is -1.02. The van der Waals surface area contributed by atoms with Crippen LogP contribution in [0.1, 0.15) is 34.8 Å². The first-order valence-electron chi connectivity index (χ1n) is 8.63. The van der Waals surface area contributed by atoms with E-state index in [1.54, 1.807) is 36.4 Å². The molecule has 0 saturated carbocycles. The molecule has 0 heterocycles. The molecule has 142 valence electrons. The fourth-order valence-corrected chi connectivity index (χ4v) is 2.47. The lowest BCUT2D eigenvalue weighted by Crippen LogP contribution is -2.30. The number of aliphatic hydroxyl groups is 2. The number of benzene rings is 2. The zero-order valence-electron chi connectivity index (χ0n) is 15.3. The van der Waals surface area contributed by atoms with Gasteiger partial charge in [0.15, 0.2) is 11.6 Å². The van der Waals surface area contributed by atoms with E-state index in [1.807, 2.05) is 0 Å². The van der Waals surface area contributed by atoms with E-state index in [9.17, 15) is 19.1 Å². The van der Waals surface area contributed by atoms with E-state index >= 15 is 0 Å². The quantitative estimate of drug-likeness (QED) is 0.598. The van der Waals surface area contributed by atoms with Crippen molar-refractivity contribution in [1.82, 2.24) is 0 Å². The number of hydrogen-bond donors (Lipinski definition) is 2. The smallest absolute Gasteiger partial charge is 0.164 e. The van der Waals surface area contributed by atoms with Crippen LogP contribution in [0.25, 0.3) is 0 Å². The molecule has 0 unspecified atom stereocenters. The van der Waals surface area contributed by atoms with Gasteiger partial charge in [-0.2, -0.15) is 0 Å². The van der Waals surface area contributed by atoms with E-state index in [-0.39, 0.29) is 18.0 Å². The molecular formula is C23H19FO4. The van der Waals surface area contributed by atoms with Crippen LogP contribution in [0, 0.1) is 35.4 Å². The number of hydrogen-bond acceptors (Lipinski definition) is 4. The molecule has 0 aliphatic rings. The summed E-state index contributed by atoms with van der Waals surface area (Å²) in [6, 6.07) is 12.3. The van der Waals surface area contributed by atoms with Gasteiger partial charge < -0.3 is 10.2 Å². The number of halogens is 1. The molecule has 2 aromatic carbocycles. The van der Waals surface area contributed by atoms with Crippen molar-refractivity contribution in [1.29, 1.82) is 0 Å². The number of aliphatic hydroxyl groups excluding tert-OH is 2. The lowest BCUT2D eigenvalue weighted by atomic mass is 9.90. The molecule has 0 radical (unpaired) electrons. The lowest BCUT2D eigenvalue weighted by Gasteiger charge is -2.16. The molecule has 5 heteroatoms. The van der Waals surface area contributed by atoms with Crippen molar-refractivity contribution in [2.24, 2.45) is 5.92 Å². The van der Waals surface area contributed by atoms with Gasteiger partial charge in [0.05, 0.1) is 12.0 Å². The fourth-order valence-electron chi connectivity index (χ4n) is 2.47. The first-order chi connectivity index (χ1) is 13.4. The maximum Gasteiger partial charge on any atom is 0.164 e. The van der Waals surface area contributed by atoms with Gasteiger partial charge in [-0.25, -0.2) is 4.39 Å². The summed E-state index contributed by atoms with van der Waals surface area (Å²) in [5, 5.41) is 18.6. The van der Waals surface area contributed by atoms with Crippen LogP contribution in [-0.4, -0.2) is 34.5 Å². The molecule has 2 N–H and O–H groups in total. The second-order valence-corrected chi connectivity index (χ2v) is 6.18. The van der Waals surface area contributed by atoms with Gasteiger partial charge in [0.25, 0.3) is 0 Å². The number of ketones is 2. The monoisotopic (exact) mass is 378 g/mol. The van der Waals surface area contributed by atoms with Gasteiger partial charge in [-0.05, 0) is 55.2 Å². The van der Waals surface area contributed by atoms with E-state index in [0.29, 0.717) is 16.7 Å².